The fourth-order valence-corrected chi connectivity index (χ4v) is 0.469. The Morgan fingerprint density at radius 2 is 1.88 bits per heavy atom. The van der Waals surface area contributed by atoms with E-state index in [4.69, 9.17) is 10.2 Å². The number of aliphatic hydroxyl groups is 1. The number of hydrogen-bond acceptors (Lipinski definition) is 4. The van der Waals surface area contributed by atoms with Crippen molar-refractivity contribution in [2.45, 2.75) is 4.89 Å². The SMILES string of the molecule is O=C(O)C(O)[As](=O)=O. The molecule has 0 radical (unpaired) electrons. The molecule has 2 N–H and O–H groups in total. The first-order valence-electron chi connectivity index (χ1n) is 1.60. The summed E-state index contributed by atoms with van der Waals surface area (Å²) >= 11 is -3.92. The molecule has 1 unspecified atom stereocenters. The first kappa shape index (κ1) is 7.59. The number of hydrogen-bond donors (Lipinski definition) is 2. The van der Waals surface area contributed by atoms with Crippen LogP contribution in [0.15, 0.2) is 0 Å². The van der Waals surface area contributed by atoms with Gasteiger partial charge in [0.1, 0.15) is 0 Å². The summed E-state index contributed by atoms with van der Waals surface area (Å²) in [6.45, 7) is 0. The normalized spacial score (nSPS) is 12.6. The molecule has 0 saturated carbocycles. The van der Waals surface area contributed by atoms with Gasteiger partial charge in [-0.2, -0.15) is 0 Å². The van der Waals surface area contributed by atoms with Gasteiger partial charge in [-0.05, 0) is 0 Å². The molecule has 0 aromatic rings. The average Bonchev–Trinajstić information content (AvgIpc) is 1.64. The first-order chi connectivity index (χ1) is 3.55. The molecule has 0 aromatic carbocycles. The van der Waals surface area contributed by atoms with E-state index in [2.05, 4.69) is 0 Å². The van der Waals surface area contributed by atoms with Crippen molar-refractivity contribution in [3.05, 3.63) is 0 Å². The molecule has 0 aliphatic rings. The predicted molar refractivity (Wildman–Crippen MR) is 20.8 cm³/mol. The number of rotatable bonds is 2. The van der Waals surface area contributed by atoms with Gasteiger partial charge in [-0.3, -0.25) is 0 Å². The summed E-state index contributed by atoms with van der Waals surface area (Å²) in [5.74, 6) is -1.71. The second kappa shape index (κ2) is 2.79. The van der Waals surface area contributed by atoms with Gasteiger partial charge in [0.25, 0.3) is 0 Å². The quantitative estimate of drug-likeness (QED) is 0.497. The van der Waals surface area contributed by atoms with Crippen LogP contribution < -0.4 is 0 Å². The molecule has 0 fully saturated rings. The van der Waals surface area contributed by atoms with Crippen molar-refractivity contribution < 1.29 is 22.5 Å². The molecular weight excluding hydrogens is 179 g/mol. The van der Waals surface area contributed by atoms with Crippen molar-refractivity contribution in [1.29, 1.82) is 0 Å². The predicted octanol–water partition coefficient (Wildman–Crippen LogP) is -1.68. The van der Waals surface area contributed by atoms with Gasteiger partial charge in [0.15, 0.2) is 0 Å². The summed E-state index contributed by atoms with van der Waals surface area (Å²) in [5.41, 5.74) is 0. The average molecular weight is 182 g/mol. The minimum absolute atomic E-state index is 1.71. The van der Waals surface area contributed by atoms with Gasteiger partial charge in [0.2, 0.25) is 0 Å². The van der Waals surface area contributed by atoms with Crippen LogP contribution in [0.4, 0.5) is 0 Å². The van der Waals surface area contributed by atoms with E-state index in [9.17, 15) is 12.3 Å². The van der Waals surface area contributed by atoms with E-state index in [0.717, 1.165) is 0 Å². The molecule has 5 nitrogen and oxygen atoms in total. The van der Waals surface area contributed by atoms with Crippen LogP contribution in [-0.2, 0) is 12.3 Å². The van der Waals surface area contributed by atoms with Gasteiger partial charge in [0.05, 0.1) is 0 Å². The fraction of sp³-hybridized carbons (Fsp3) is 0.500. The monoisotopic (exact) mass is 182 g/mol. The molecule has 0 spiro atoms. The maximum absolute atomic E-state index is 9.63. The Morgan fingerprint density at radius 1 is 1.50 bits per heavy atom. The van der Waals surface area contributed by atoms with Crippen molar-refractivity contribution >= 4 is 20.5 Å². The van der Waals surface area contributed by atoms with Crippen LogP contribution in [-0.4, -0.2) is 35.6 Å². The summed E-state index contributed by atoms with van der Waals surface area (Å²) < 4.78 is 19.3. The zero-order valence-electron chi connectivity index (χ0n) is 3.64. The molecule has 0 aromatic heterocycles. The molecule has 0 aliphatic carbocycles. The van der Waals surface area contributed by atoms with Crippen LogP contribution in [0.5, 0.6) is 0 Å². The summed E-state index contributed by atoms with van der Waals surface area (Å²) in [6, 6.07) is 0. The fourth-order valence-electron chi connectivity index (χ4n) is 0.0902. The third kappa shape index (κ3) is 2.04. The van der Waals surface area contributed by atoms with E-state index in [1.807, 2.05) is 0 Å². The second-order valence-corrected chi connectivity index (χ2v) is 3.22. The summed E-state index contributed by atoms with van der Waals surface area (Å²) in [7, 11) is 0. The molecule has 6 heteroatoms. The Labute approximate surface area is 48.6 Å². The molecule has 46 valence electrons. The molecule has 0 heterocycles. The number of carboxylic acids is 1. The van der Waals surface area contributed by atoms with Crippen LogP contribution in [0.1, 0.15) is 0 Å². The van der Waals surface area contributed by atoms with Crippen molar-refractivity contribution in [2.24, 2.45) is 0 Å². The van der Waals surface area contributed by atoms with Gasteiger partial charge < -0.3 is 0 Å². The van der Waals surface area contributed by atoms with E-state index in [-0.39, 0.29) is 0 Å². The van der Waals surface area contributed by atoms with E-state index >= 15 is 0 Å². The van der Waals surface area contributed by atoms with Crippen molar-refractivity contribution in [3.63, 3.8) is 0 Å². The molecule has 0 aliphatic heterocycles. The zero-order valence-corrected chi connectivity index (χ0v) is 5.52. The second-order valence-electron chi connectivity index (χ2n) is 0.997. The van der Waals surface area contributed by atoms with Crippen LogP contribution in [0.3, 0.4) is 0 Å². The third-order valence-electron chi connectivity index (χ3n) is 0.421. The summed E-state index contributed by atoms with van der Waals surface area (Å²) in [5, 5.41) is 15.8. The van der Waals surface area contributed by atoms with E-state index < -0.39 is 25.4 Å². The van der Waals surface area contributed by atoms with Crippen LogP contribution in [0.25, 0.3) is 0 Å². The standard InChI is InChI=1S/C2H3AsO5/c4-1(2(5)6)3(7)8/h1,4H,(H,5,6). The van der Waals surface area contributed by atoms with Gasteiger partial charge in [-0.1, -0.05) is 0 Å². The number of aliphatic carboxylic acids is 1. The van der Waals surface area contributed by atoms with Crippen LogP contribution in [0.2, 0.25) is 0 Å². The number of carbonyl (C=O) groups is 1. The van der Waals surface area contributed by atoms with Gasteiger partial charge >= 0.3 is 47.9 Å². The zero-order chi connectivity index (χ0) is 6.73. The molecule has 8 heavy (non-hydrogen) atoms. The van der Waals surface area contributed by atoms with Crippen molar-refractivity contribution in [3.8, 4) is 0 Å². The number of aliphatic hydroxyl groups excluding tert-OH is 1. The Morgan fingerprint density at radius 3 is 1.88 bits per heavy atom. The van der Waals surface area contributed by atoms with Crippen molar-refractivity contribution in [1.82, 2.24) is 0 Å². The van der Waals surface area contributed by atoms with E-state index in [1.54, 1.807) is 0 Å². The molecule has 0 saturated heterocycles. The van der Waals surface area contributed by atoms with Gasteiger partial charge in [-0.15, -0.1) is 0 Å². The summed E-state index contributed by atoms with van der Waals surface area (Å²) in [6.07, 6.45) is 0. The first-order valence-corrected chi connectivity index (χ1v) is 4.21. The van der Waals surface area contributed by atoms with Crippen LogP contribution >= 0.6 is 0 Å². The van der Waals surface area contributed by atoms with Crippen molar-refractivity contribution in [2.75, 3.05) is 0 Å². The van der Waals surface area contributed by atoms with Gasteiger partial charge in [-0.25, -0.2) is 0 Å². The Kier molecular flexibility index (Phi) is 2.65. The summed E-state index contributed by atoms with van der Waals surface area (Å²) in [4.78, 5) is 7.35. The Balaban J connectivity index is 4.04. The maximum atomic E-state index is 9.63. The molecular formula is C2H3AsO5. The number of carboxylic acid groups (broad SMARTS) is 1. The van der Waals surface area contributed by atoms with Gasteiger partial charge in [0, 0.05) is 0 Å². The van der Waals surface area contributed by atoms with E-state index in [0.29, 0.717) is 0 Å². The molecule has 1 atom stereocenters. The topological polar surface area (TPSA) is 91.7 Å². The molecule has 0 amide bonds. The van der Waals surface area contributed by atoms with Crippen LogP contribution in [0, 0.1) is 0 Å². The minimum atomic E-state index is -3.92. The molecule has 0 bridgehead atoms. The molecule has 0 rings (SSSR count). The Hall–Kier alpha value is -0.412. The third-order valence-corrected chi connectivity index (χ3v) is 1.72. The van der Waals surface area contributed by atoms with E-state index in [1.165, 1.54) is 0 Å². The Bertz CT molecular complexity index is 150.